The predicted octanol–water partition coefficient (Wildman–Crippen LogP) is 2.59. The molecule has 18 heavy (non-hydrogen) atoms. The van der Waals surface area contributed by atoms with E-state index in [9.17, 15) is 4.79 Å². The SMILES string of the molecule is CC(=O)O[C@H]1[C@@H]2CCC[C@@H]1[C@H](N1CCCC1)CC2. The first-order valence-electron chi connectivity index (χ1n) is 7.67. The van der Waals surface area contributed by atoms with Crippen molar-refractivity contribution in [2.24, 2.45) is 11.8 Å². The second kappa shape index (κ2) is 5.20. The van der Waals surface area contributed by atoms with Crippen LogP contribution in [0.4, 0.5) is 0 Å². The third kappa shape index (κ3) is 2.29. The lowest BCUT2D eigenvalue weighted by Gasteiger charge is -2.48. The minimum absolute atomic E-state index is 0.0843. The van der Waals surface area contributed by atoms with Gasteiger partial charge in [-0.3, -0.25) is 9.69 Å². The van der Waals surface area contributed by atoms with E-state index in [0.717, 1.165) is 0 Å². The predicted molar refractivity (Wildman–Crippen MR) is 70.2 cm³/mol. The molecule has 102 valence electrons. The second-order valence-electron chi connectivity index (χ2n) is 6.32. The molecule has 1 aliphatic heterocycles. The molecule has 2 aliphatic carbocycles. The van der Waals surface area contributed by atoms with Gasteiger partial charge in [-0.1, -0.05) is 6.42 Å². The number of likely N-dealkylation sites (tertiary alicyclic amines) is 1. The summed E-state index contributed by atoms with van der Waals surface area (Å²) in [5.74, 6) is 1.17. The molecule has 0 aromatic heterocycles. The summed E-state index contributed by atoms with van der Waals surface area (Å²) in [4.78, 5) is 14.0. The van der Waals surface area contributed by atoms with E-state index in [1.54, 1.807) is 6.92 Å². The highest BCUT2D eigenvalue weighted by molar-refractivity contribution is 5.66. The van der Waals surface area contributed by atoms with Gasteiger partial charge in [0.25, 0.3) is 0 Å². The van der Waals surface area contributed by atoms with Crippen molar-refractivity contribution in [3.8, 4) is 0 Å². The van der Waals surface area contributed by atoms with Crippen molar-refractivity contribution in [2.75, 3.05) is 13.1 Å². The van der Waals surface area contributed by atoms with Crippen LogP contribution in [0.15, 0.2) is 0 Å². The Balaban J connectivity index is 1.74. The summed E-state index contributed by atoms with van der Waals surface area (Å²) >= 11 is 0. The monoisotopic (exact) mass is 251 g/mol. The largest absolute Gasteiger partial charge is 0.462 e. The molecule has 3 heteroatoms. The highest BCUT2D eigenvalue weighted by atomic mass is 16.5. The molecule has 0 unspecified atom stereocenters. The van der Waals surface area contributed by atoms with Crippen LogP contribution in [0.2, 0.25) is 0 Å². The third-order valence-corrected chi connectivity index (χ3v) is 5.24. The second-order valence-corrected chi connectivity index (χ2v) is 6.32. The van der Waals surface area contributed by atoms with E-state index in [1.807, 2.05) is 0 Å². The normalized spacial score (nSPS) is 40.7. The Morgan fingerprint density at radius 1 is 1.06 bits per heavy atom. The van der Waals surface area contributed by atoms with Gasteiger partial charge >= 0.3 is 5.97 Å². The zero-order valence-electron chi connectivity index (χ0n) is 11.4. The number of carbonyl (C=O) groups is 1. The minimum atomic E-state index is -0.0843. The smallest absolute Gasteiger partial charge is 0.302 e. The molecular weight excluding hydrogens is 226 g/mol. The van der Waals surface area contributed by atoms with Gasteiger partial charge in [0.1, 0.15) is 6.10 Å². The number of hydrogen-bond acceptors (Lipinski definition) is 3. The summed E-state index contributed by atoms with van der Waals surface area (Å²) in [5, 5.41) is 0. The van der Waals surface area contributed by atoms with Gasteiger partial charge in [0.05, 0.1) is 0 Å². The molecular formula is C15H25NO2. The quantitative estimate of drug-likeness (QED) is 0.707. The molecule has 4 atom stereocenters. The number of rotatable bonds is 2. The van der Waals surface area contributed by atoms with E-state index in [0.29, 0.717) is 17.9 Å². The number of ether oxygens (including phenoxy) is 1. The van der Waals surface area contributed by atoms with Gasteiger partial charge in [-0.15, -0.1) is 0 Å². The number of fused-ring (bicyclic) bond motifs is 2. The maximum atomic E-state index is 11.3. The van der Waals surface area contributed by atoms with E-state index < -0.39 is 0 Å². The van der Waals surface area contributed by atoms with E-state index >= 15 is 0 Å². The van der Waals surface area contributed by atoms with Gasteiger partial charge in [0, 0.05) is 18.9 Å². The highest BCUT2D eigenvalue weighted by Gasteiger charge is 2.45. The molecule has 0 spiro atoms. The van der Waals surface area contributed by atoms with Crippen molar-refractivity contribution in [1.29, 1.82) is 0 Å². The molecule has 0 N–H and O–H groups in total. The molecule has 1 saturated heterocycles. The van der Waals surface area contributed by atoms with Crippen LogP contribution in [0.3, 0.4) is 0 Å². The topological polar surface area (TPSA) is 29.5 Å². The molecule has 2 saturated carbocycles. The zero-order chi connectivity index (χ0) is 12.5. The Morgan fingerprint density at radius 3 is 2.56 bits per heavy atom. The van der Waals surface area contributed by atoms with Crippen LogP contribution in [-0.4, -0.2) is 36.1 Å². The van der Waals surface area contributed by atoms with Crippen molar-refractivity contribution >= 4 is 5.97 Å². The van der Waals surface area contributed by atoms with E-state index in [4.69, 9.17) is 4.74 Å². The number of esters is 1. The molecule has 3 rings (SSSR count). The van der Waals surface area contributed by atoms with Crippen molar-refractivity contribution in [3.05, 3.63) is 0 Å². The molecule has 0 aromatic rings. The summed E-state index contributed by atoms with van der Waals surface area (Å²) < 4.78 is 5.68. The molecule has 2 bridgehead atoms. The first kappa shape index (κ1) is 12.5. The molecule has 3 fully saturated rings. The van der Waals surface area contributed by atoms with Crippen molar-refractivity contribution in [3.63, 3.8) is 0 Å². The molecule has 1 heterocycles. The van der Waals surface area contributed by atoms with Crippen LogP contribution in [0.1, 0.15) is 51.9 Å². The molecule has 3 aliphatic rings. The highest BCUT2D eigenvalue weighted by Crippen LogP contribution is 2.44. The molecule has 3 nitrogen and oxygen atoms in total. The first-order valence-corrected chi connectivity index (χ1v) is 7.67. The lowest BCUT2D eigenvalue weighted by molar-refractivity contribution is -0.161. The van der Waals surface area contributed by atoms with Gasteiger partial charge in [-0.2, -0.15) is 0 Å². The average molecular weight is 251 g/mol. The Labute approximate surface area is 110 Å². The van der Waals surface area contributed by atoms with Crippen LogP contribution in [0, 0.1) is 11.8 Å². The molecule has 0 amide bonds. The van der Waals surface area contributed by atoms with E-state index in [2.05, 4.69) is 4.90 Å². The van der Waals surface area contributed by atoms with Crippen molar-refractivity contribution in [2.45, 2.75) is 64.0 Å². The first-order chi connectivity index (χ1) is 8.75. The van der Waals surface area contributed by atoms with Gasteiger partial charge in [-0.05, 0) is 57.5 Å². The summed E-state index contributed by atoms with van der Waals surface area (Å²) in [6.07, 6.45) is 9.36. The fourth-order valence-corrected chi connectivity index (χ4v) is 4.51. The Morgan fingerprint density at radius 2 is 1.83 bits per heavy atom. The number of hydrogen-bond donors (Lipinski definition) is 0. The van der Waals surface area contributed by atoms with E-state index in [-0.39, 0.29) is 12.1 Å². The summed E-state index contributed by atoms with van der Waals surface area (Å²) in [5.41, 5.74) is 0. The maximum absolute atomic E-state index is 11.3. The minimum Gasteiger partial charge on any atom is -0.462 e. The summed E-state index contributed by atoms with van der Waals surface area (Å²) in [6, 6.07) is 0.688. The zero-order valence-corrected chi connectivity index (χ0v) is 11.4. The van der Waals surface area contributed by atoms with Gasteiger partial charge < -0.3 is 4.74 Å². The maximum Gasteiger partial charge on any atom is 0.302 e. The van der Waals surface area contributed by atoms with Gasteiger partial charge in [0.2, 0.25) is 0 Å². The van der Waals surface area contributed by atoms with E-state index in [1.165, 1.54) is 58.0 Å². The number of carbonyl (C=O) groups excluding carboxylic acids is 1. The van der Waals surface area contributed by atoms with Crippen molar-refractivity contribution < 1.29 is 9.53 Å². The van der Waals surface area contributed by atoms with Crippen LogP contribution in [0.5, 0.6) is 0 Å². The Bertz CT molecular complexity index is 312. The summed E-state index contributed by atoms with van der Waals surface area (Å²) in [6.45, 7) is 4.09. The Hall–Kier alpha value is -0.570. The third-order valence-electron chi connectivity index (χ3n) is 5.24. The van der Waals surface area contributed by atoms with Crippen LogP contribution in [0.25, 0.3) is 0 Å². The fraction of sp³-hybridized carbons (Fsp3) is 0.933. The Kier molecular flexibility index (Phi) is 3.60. The summed E-state index contributed by atoms with van der Waals surface area (Å²) in [7, 11) is 0. The van der Waals surface area contributed by atoms with Crippen LogP contribution >= 0.6 is 0 Å². The average Bonchev–Trinajstić information content (AvgIpc) is 2.81. The van der Waals surface area contributed by atoms with Gasteiger partial charge in [0.15, 0.2) is 0 Å². The number of nitrogens with zero attached hydrogens (tertiary/aromatic N) is 1. The lowest BCUT2D eigenvalue weighted by atomic mass is 9.67. The molecule has 0 radical (unpaired) electrons. The van der Waals surface area contributed by atoms with Crippen LogP contribution < -0.4 is 0 Å². The molecule has 0 aromatic carbocycles. The van der Waals surface area contributed by atoms with Crippen molar-refractivity contribution in [1.82, 2.24) is 4.90 Å². The fourth-order valence-electron chi connectivity index (χ4n) is 4.51. The lowest BCUT2D eigenvalue weighted by Crippen LogP contribution is -2.52. The van der Waals surface area contributed by atoms with Crippen LogP contribution in [-0.2, 0) is 9.53 Å². The van der Waals surface area contributed by atoms with Gasteiger partial charge in [-0.25, -0.2) is 0 Å². The standard InChI is InChI=1S/C15H25NO2/c1-11(17)18-15-12-5-4-6-13(15)14(8-7-12)16-9-2-3-10-16/h12-15H,2-10H2,1H3/t12-,13-,14-,15+/m1/s1.